The number of aromatic nitrogens is 4. The van der Waals surface area contributed by atoms with Crippen molar-refractivity contribution in [2.45, 2.75) is 40.8 Å². The standard InChI is InChI=1S/C28H26N4.C3H6O/c1-3-31-27(23-11-7-5-8-12-23)19-25(29-31)21-15-17-22(18-16-21)26-20-28(32(4-2)30-26)24-13-9-6-10-14-24;1-3(2)4/h5-20H,3-4H2,1-2H3;1-2H3. The molecule has 5 heteroatoms. The smallest absolute Gasteiger partial charge is 0.126 e. The summed E-state index contributed by atoms with van der Waals surface area (Å²) in [6.07, 6.45) is 0. The first-order chi connectivity index (χ1) is 17.5. The summed E-state index contributed by atoms with van der Waals surface area (Å²) in [6, 6.07) is 33.8. The number of hydrogen-bond acceptors (Lipinski definition) is 3. The molecule has 0 fully saturated rings. The van der Waals surface area contributed by atoms with E-state index in [1.54, 1.807) is 0 Å². The highest BCUT2D eigenvalue weighted by Crippen LogP contribution is 2.30. The molecule has 182 valence electrons. The number of carbonyl (C=O) groups excluding carboxylic acids is 1. The predicted molar refractivity (Wildman–Crippen MR) is 147 cm³/mol. The lowest BCUT2D eigenvalue weighted by atomic mass is 10.0. The van der Waals surface area contributed by atoms with Crippen LogP contribution in [-0.2, 0) is 17.9 Å². The van der Waals surface area contributed by atoms with Crippen LogP contribution in [-0.4, -0.2) is 25.3 Å². The van der Waals surface area contributed by atoms with Crippen molar-refractivity contribution in [2.24, 2.45) is 0 Å². The van der Waals surface area contributed by atoms with E-state index in [9.17, 15) is 4.79 Å². The molecule has 0 N–H and O–H groups in total. The first kappa shape index (κ1) is 24.9. The summed E-state index contributed by atoms with van der Waals surface area (Å²) >= 11 is 0. The Labute approximate surface area is 213 Å². The van der Waals surface area contributed by atoms with E-state index in [2.05, 4.69) is 108 Å². The van der Waals surface area contributed by atoms with Crippen LogP contribution in [0.1, 0.15) is 27.7 Å². The van der Waals surface area contributed by atoms with Crippen LogP contribution < -0.4 is 0 Å². The van der Waals surface area contributed by atoms with Crippen LogP contribution in [0.2, 0.25) is 0 Å². The molecular formula is C31H32N4O. The minimum atomic E-state index is 0.167. The summed E-state index contributed by atoms with van der Waals surface area (Å²) in [4.78, 5) is 9.44. The molecule has 3 aromatic carbocycles. The summed E-state index contributed by atoms with van der Waals surface area (Å²) in [6.45, 7) is 8.97. The fourth-order valence-electron chi connectivity index (χ4n) is 4.09. The Morgan fingerprint density at radius 1 is 0.583 bits per heavy atom. The van der Waals surface area contributed by atoms with Crippen molar-refractivity contribution in [3.63, 3.8) is 0 Å². The van der Waals surface area contributed by atoms with Gasteiger partial charge in [-0.15, -0.1) is 0 Å². The van der Waals surface area contributed by atoms with E-state index < -0.39 is 0 Å². The Hall–Kier alpha value is -4.25. The number of nitrogens with zero attached hydrogens (tertiary/aromatic N) is 4. The van der Waals surface area contributed by atoms with Gasteiger partial charge in [0.2, 0.25) is 0 Å². The van der Waals surface area contributed by atoms with Crippen molar-refractivity contribution in [1.29, 1.82) is 0 Å². The number of benzene rings is 3. The third-order valence-corrected chi connectivity index (χ3v) is 5.77. The number of carbonyl (C=O) groups is 1. The van der Waals surface area contributed by atoms with Gasteiger partial charge in [-0.3, -0.25) is 9.36 Å². The van der Waals surface area contributed by atoms with Crippen molar-refractivity contribution in [2.75, 3.05) is 0 Å². The van der Waals surface area contributed by atoms with Gasteiger partial charge in [-0.25, -0.2) is 0 Å². The maximum atomic E-state index is 9.44. The second-order valence-corrected chi connectivity index (χ2v) is 8.68. The molecule has 0 aliphatic carbocycles. The maximum absolute atomic E-state index is 9.44. The number of hydrogen-bond donors (Lipinski definition) is 0. The zero-order valence-corrected chi connectivity index (χ0v) is 21.3. The Morgan fingerprint density at radius 3 is 1.22 bits per heavy atom. The highest BCUT2D eigenvalue weighted by atomic mass is 16.1. The zero-order valence-electron chi connectivity index (χ0n) is 21.3. The molecule has 36 heavy (non-hydrogen) atoms. The van der Waals surface area contributed by atoms with Gasteiger partial charge in [0.1, 0.15) is 5.78 Å². The van der Waals surface area contributed by atoms with Crippen LogP contribution >= 0.6 is 0 Å². The van der Waals surface area contributed by atoms with Gasteiger partial charge in [-0.1, -0.05) is 84.9 Å². The molecule has 0 spiro atoms. The molecule has 0 bridgehead atoms. The zero-order chi connectivity index (χ0) is 25.5. The molecule has 2 heterocycles. The summed E-state index contributed by atoms with van der Waals surface area (Å²) in [5.41, 5.74) is 8.84. The Morgan fingerprint density at radius 2 is 0.917 bits per heavy atom. The molecule has 0 radical (unpaired) electrons. The van der Waals surface area contributed by atoms with E-state index in [4.69, 9.17) is 10.2 Å². The van der Waals surface area contributed by atoms with Gasteiger partial charge in [0.15, 0.2) is 0 Å². The highest BCUT2D eigenvalue weighted by molar-refractivity contribution is 5.73. The van der Waals surface area contributed by atoms with Gasteiger partial charge in [-0.05, 0) is 51.0 Å². The van der Waals surface area contributed by atoms with Crippen LogP contribution in [0, 0.1) is 0 Å². The van der Waals surface area contributed by atoms with Gasteiger partial charge in [0, 0.05) is 24.2 Å². The molecule has 0 aliphatic rings. The number of aryl methyl sites for hydroxylation is 2. The van der Waals surface area contributed by atoms with Gasteiger partial charge >= 0.3 is 0 Å². The molecule has 0 saturated heterocycles. The second-order valence-electron chi connectivity index (χ2n) is 8.68. The topological polar surface area (TPSA) is 52.7 Å². The van der Waals surface area contributed by atoms with E-state index in [-0.39, 0.29) is 5.78 Å². The third-order valence-electron chi connectivity index (χ3n) is 5.77. The van der Waals surface area contributed by atoms with Crippen LogP contribution in [0.4, 0.5) is 0 Å². The van der Waals surface area contributed by atoms with Gasteiger partial charge in [-0.2, -0.15) is 10.2 Å². The van der Waals surface area contributed by atoms with E-state index in [1.165, 1.54) is 25.0 Å². The fraction of sp³-hybridized carbons (Fsp3) is 0.194. The van der Waals surface area contributed by atoms with E-state index in [0.717, 1.165) is 47.0 Å². The van der Waals surface area contributed by atoms with Gasteiger partial charge in [0.25, 0.3) is 0 Å². The summed E-state index contributed by atoms with van der Waals surface area (Å²) in [5.74, 6) is 0.167. The van der Waals surface area contributed by atoms with E-state index in [0.29, 0.717) is 0 Å². The Bertz CT molecular complexity index is 1310. The number of Topliss-reactive ketones (excluding diaryl/α,β-unsaturated/α-hetero) is 1. The summed E-state index contributed by atoms with van der Waals surface area (Å²) < 4.78 is 4.13. The average molecular weight is 477 g/mol. The van der Waals surface area contributed by atoms with Gasteiger partial charge in [0.05, 0.1) is 22.8 Å². The number of rotatable bonds is 6. The third kappa shape index (κ3) is 5.69. The molecule has 0 aliphatic heterocycles. The lowest BCUT2D eigenvalue weighted by molar-refractivity contribution is -0.114. The minimum absolute atomic E-state index is 0.167. The Balaban J connectivity index is 0.000000709. The minimum Gasteiger partial charge on any atom is -0.300 e. The predicted octanol–water partition coefficient (Wildman–Crippen LogP) is 7.38. The van der Waals surface area contributed by atoms with Crippen LogP contribution in [0.3, 0.4) is 0 Å². The normalized spacial score (nSPS) is 10.6. The van der Waals surface area contributed by atoms with Crippen molar-refractivity contribution in [3.8, 4) is 45.0 Å². The van der Waals surface area contributed by atoms with Crippen molar-refractivity contribution in [3.05, 3.63) is 97.1 Å². The SMILES string of the molecule is CC(C)=O.CCn1nc(-c2ccc(-c3cc(-c4ccccc4)n(CC)n3)cc2)cc1-c1ccccc1. The largest absolute Gasteiger partial charge is 0.300 e. The first-order valence-electron chi connectivity index (χ1n) is 12.3. The molecule has 2 aromatic heterocycles. The van der Waals surface area contributed by atoms with Crippen molar-refractivity contribution in [1.82, 2.24) is 19.6 Å². The molecule has 0 saturated carbocycles. The molecule has 5 aromatic rings. The highest BCUT2D eigenvalue weighted by Gasteiger charge is 2.13. The molecule has 0 atom stereocenters. The van der Waals surface area contributed by atoms with E-state index in [1.807, 2.05) is 12.1 Å². The summed E-state index contributed by atoms with van der Waals surface area (Å²) in [5, 5.41) is 9.69. The Kier molecular flexibility index (Phi) is 7.91. The molecule has 0 amide bonds. The van der Waals surface area contributed by atoms with Crippen LogP contribution in [0.15, 0.2) is 97.1 Å². The molecular weight excluding hydrogens is 444 g/mol. The summed E-state index contributed by atoms with van der Waals surface area (Å²) in [7, 11) is 0. The van der Waals surface area contributed by atoms with Gasteiger partial charge < -0.3 is 4.79 Å². The van der Waals surface area contributed by atoms with E-state index >= 15 is 0 Å². The van der Waals surface area contributed by atoms with Crippen LogP contribution in [0.25, 0.3) is 45.0 Å². The quantitative estimate of drug-likeness (QED) is 0.257. The molecule has 0 unspecified atom stereocenters. The lowest BCUT2D eigenvalue weighted by Gasteiger charge is -2.03. The maximum Gasteiger partial charge on any atom is 0.126 e. The average Bonchev–Trinajstić information content (AvgIpc) is 3.54. The van der Waals surface area contributed by atoms with Crippen molar-refractivity contribution >= 4 is 5.78 Å². The first-order valence-corrected chi connectivity index (χ1v) is 12.3. The van der Waals surface area contributed by atoms with Crippen molar-refractivity contribution < 1.29 is 4.79 Å². The second kappa shape index (κ2) is 11.5. The molecule has 5 rings (SSSR count). The number of ketones is 1. The lowest BCUT2D eigenvalue weighted by Crippen LogP contribution is -1.99. The van der Waals surface area contributed by atoms with Crippen LogP contribution in [0.5, 0.6) is 0 Å². The molecule has 5 nitrogen and oxygen atoms in total. The monoisotopic (exact) mass is 476 g/mol. The fourth-order valence-corrected chi connectivity index (χ4v) is 4.09.